The van der Waals surface area contributed by atoms with E-state index in [1.54, 1.807) is 17.8 Å². The summed E-state index contributed by atoms with van der Waals surface area (Å²) in [5.74, 6) is 1.41. The normalized spacial score (nSPS) is 13.8. The largest absolute Gasteiger partial charge is 0.290 e. The number of hydrogen-bond acceptors (Lipinski definition) is 5. The van der Waals surface area contributed by atoms with Crippen LogP contribution in [0.3, 0.4) is 0 Å². The molecule has 2 aromatic heterocycles. The van der Waals surface area contributed by atoms with Crippen molar-refractivity contribution in [2.24, 2.45) is 0 Å². The van der Waals surface area contributed by atoms with Crippen LogP contribution in [0.4, 0.5) is 5.95 Å². The van der Waals surface area contributed by atoms with E-state index in [4.69, 9.17) is 0 Å². The molecule has 16 heavy (non-hydrogen) atoms. The zero-order chi connectivity index (χ0) is 11.0. The molecule has 3 heterocycles. The summed E-state index contributed by atoms with van der Waals surface area (Å²) in [6.45, 7) is 0.854. The van der Waals surface area contributed by atoms with E-state index < -0.39 is 0 Å². The molecular weight excluding hydrogens is 244 g/mol. The van der Waals surface area contributed by atoms with Crippen molar-refractivity contribution >= 4 is 35.0 Å². The maximum Gasteiger partial charge on any atom is 0.268 e. The third kappa shape index (κ3) is 1.61. The average molecular weight is 252 g/mol. The lowest BCUT2D eigenvalue weighted by Crippen LogP contribution is -2.14. The summed E-state index contributed by atoms with van der Waals surface area (Å²) in [6.07, 6.45) is 0. The van der Waals surface area contributed by atoms with Crippen LogP contribution in [0.5, 0.6) is 0 Å². The molecule has 1 aliphatic heterocycles. The fourth-order valence-corrected chi connectivity index (χ4v) is 3.00. The smallest absolute Gasteiger partial charge is 0.268 e. The Hall–Kier alpha value is -1.34. The molecule has 0 fully saturated rings. The SMILES string of the molecule is O=C(Nc1nnc2n1CCS2)c1cccs1. The van der Waals surface area contributed by atoms with Gasteiger partial charge in [-0.05, 0) is 11.4 Å². The molecule has 0 saturated heterocycles. The summed E-state index contributed by atoms with van der Waals surface area (Å²) in [4.78, 5) is 12.5. The minimum absolute atomic E-state index is 0.123. The molecule has 0 aliphatic carbocycles. The van der Waals surface area contributed by atoms with Crippen molar-refractivity contribution in [3.63, 3.8) is 0 Å². The quantitative estimate of drug-likeness (QED) is 0.883. The number of carbonyl (C=O) groups excluding carboxylic acids is 1. The van der Waals surface area contributed by atoms with Gasteiger partial charge in [0.25, 0.3) is 5.91 Å². The van der Waals surface area contributed by atoms with Crippen molar-refractivity contribution < 1.29 is 4.79 Å². The molecule has 0 radical (unpaired) electrons. The highest BCUT2D eigenvalue weighted by molar-refractivity contribution is 7.99. The molecule has 0 unspecified atom stereocenters. The molecule has 1 amide bonds. The Labute approximate surface area is 99.9 Å². The summed E-state index contributed by atoms with van der Waals surface area (Å²) < 4.78 is 1.93. The number of nitrogens with zero attached hydrogens (tertiary/aromatic N) is 3. The van der Waals surface area contributed by atoms with E-state index in [1.807, 2.05) is 16.0 Å². The van der Waals surface area contributed by atoms with Gasteiger partial charge in [-0.2, -0.15) is 0 Å². The van der Waals surface area contributed by atoms with Gasteiger partial charge in [0.2, 0.25) is 5.95 Å². The molecular formula is C9H8N4OS2. The van der Waals surface area contributed by atoms with Crippen molar-refractivity contribution in [3.05, 3.63) is 22.4 Å². The van der Waals surface area contributed by atoms with Gasteiger partial charge in [-0.1, -0.05) is 17.8 Å². The molecule has 1 N–H and O–H groups in total. The van der Waals surface area contributed by atoms with Crippen LogP contribution in [0.1, 0.15) is 9.67 Å². The first-order valence-electron chi connectivity index (χ1n) is 4.75. The van der Waals surface area contributed by atoms with Gasteiger partial charge < -0.3 is 0 Å². The van der Waals surface area contributed by atoms with Crippen LogP contribution in [-0.4, -0.2) is 26.4 Å². The van der Waals surface area contributed by atoms with Gasteiger partial charge >= 0.3 is 0 Å². The predicted molar refractivity (Wildman–Crippen MR) is 63.0 cm³/mol. The van der Waals surface area contributed by atoms with Crippen molar-refractivity contribution in [2.45, 2.75) is 11.7 Å². The molecule has 0 spiro atoms. The fourth-order valence-electron chi connectivity index (χ4n) is 1.49. The number of fused-ring (bicyclic) bond motifs is 1. The molecule has 0 atom stereocenters. The maximum atomic E-state index is 11.8. The Balaban J connectivity index is 1.82. The standard InChI is InChI=1S/C9H8N4OS2/c14-7(6-2-1-4-15-6)10-8-11-12-9-13(8)3-5-16-9/h1-2,4H,3,5H2,(H,10,11,14). The van der Waals surface area contributed by atoms with E-state index in [0.717, 1.165) is 17.5 Å². The number of thioether (sulfide) groups is 1. The number of thiophene rings is 1. The van der Waals surface area contributed by atoms with E-state index in [0.29, 0.717) is 10.8 Å². The third-order valence-electron chi connectivity index (χ3n) is 2.23. The minimum Gasteiger partial charge on any atom is -0.290 e. The second-order valence-corrected chi connectivity index (χ2v) is 5.25. The van der Waals surface area contributed by atoms with Crippen LogP contribution < -0.4 is 5.32 Å². The Morgan fingerprint density at radius 1 is 1.50 bits per heavy atom. The molecule has 0 bridgehead atoms. The summed E-state index contributed by atoms with van der Waals surface area (Å²) >= 11 is 3.07. The Bertz CT molecular complexity index is 520. The van der Waals surface area contributed by atoms with E-state index in [2.05, 4.69) is 15.5 Å². The van der Waals surface area contributed by atoms with Crippen LogP contribution in [0.25, 0.3) is 0 Å². The minimum atomic E-state index is -0.123. The zero-order valence-electron chi connectivity index (χ0n) is 8.21. The zero-order valence-corrected chi connectivity index (χ0v) is 9.85. The molecule has 0 saturated carbocycles. The highest BCUT2D eigenvalue weighted by Crippen LogP contribution is 2.26. The van der Waals surface area contributed by atoms with Gasteiger partial charge in [0.05, 0.1) is 4.88 Å². The van der Waals surface area contributed by atoms with Crippen molar-refractivity contribution in [2.75, 3.05) is 11.1 Å². The van der Waals surface area contributed by atoms with Crippen molar-refractivity contribution in [1.29, 1.82) is 0 Å². The first kappa shape index (κ1) is 9.86. The van der Waals surface area contributed by atoms with E-state index >= 15 is 0 Å². The molecule has 82 valence electrons. The Kier molecular flexibility index (Phi) is 2.41. The van der Waals surface area contributed by atoms with Crippen LogP contribution >= 0.6 is 23.1 Å². The lowest BCUT2D eigenvalue weighted by atomic mass is 10.4. The van der Waals surface area contributed by atoms with Gasteiger partial charge in [0, 0.05) is 12.3 Å². The Morgan fingerprint density at radius 2 is 2.44 bits per heavy atom. The number of anilines is 1. The average Bonchev–Trinajstić information content (AvgIpc) is 2.94. The van der Waals surface area contributed by atoms with E-state index in [9.17, 15) is 4.79 Å². The lowest BCUT2D eigenvalue weighted by Gasteiger charge is -2.02. The van der Waals surface area contributed by atoms with E-state index in [1.165, 1.54) is 11.3 Å². The summed E-state index contributed by atoms with van der Waals surface area (Å²) in [7, 11) is 0. The first-order valence-corrected chi connectivity index (χ1v) is 6.62. The lowest BCUT2D eigenvalue weighted by molar-refractivity contribution is 0.102. The van der Waals surface area contributed by atoms with Crippen LogP contribution in [0, 0.1) is 0 Å². The number of amides is 1. The number of aromatic nitrogens is 3. The van der Waals surface area contributed by atoms with Gasteiger partial charge in [-0.3, -0.25) is 14.7 Å². The van der Waals surface area contributed by atoms with Gasteiger partial charge in [-0.15, -0.1) is 21.5 Å². The number of hydrogen-bond donors (Lipinski definition) is 1. The molecule has 1 aliphatic rings. The maximum absolute atomic E-state index is 11.8. The molecule has 7 heteroatoms. The summed E-state index contributed by atoms with van der Waals surface area (Å²) in [5, 5.41) is 13.5. The van der Waals surface area contributed by atoms with Gasteiger partial charge in [0.15, 0.2) is 5.16 Å². The fraction of sp³-hybridized carbons (Fsp3) is 0.222. The van der Waals surface area contributed by atoms with Crippen molar-refractivity contribution in [1.82, 2.24) is 14.8 Å². The van der Waals surface area contributed by atoms with Crippen LogP contribution in [0.15, 0.2) is 22.7 Å². The first-order chi connectivity index (χ1) is 7.84. The number of nitrogens with one attached hydrogen (secondary N) is 1. The van der Waals surface area contributed by atoms with Crippen molar-refractivity contribution in [3.8, 4) is 0 Å². The summed E-state index contributed by atoms with van der Waals surface area (Å²) in [5.41, 5.74) is 0. The van der Waals surface area contributed by atoms with E-state index in [-0.39, 0.29) is 5.91 Å². The Morgan fingerprint density at radius 3 is 3.25 bits per heavy atom. The third-order valence-corrected chi connectivity index (χ3v) is 4.05. The molecule has 3 rings (SSSR count). The second-order valence-electron chi connectivity index (χ2n) is 3.24. The highest BCUT2D eigenvalue weighted by Gasteiger charge is 2.19. The van der Waals surface area contributed by atoms with Gasteiger partial charge in [-0.25, -0.2) is 0 Å². The monoisotopic (exact) mass is 252 g/mol. The predicted octanol–water partition coefficient (Wildman–Crippen LogP) is 1.70. The highest BCUT2D eigenvalue weighted by atomic mass is 32.2. The number of rotatable bonds is 2. The van der Waals surface area contributed by atoms with Crippen LogP contribution in [-0.2, 0) is 6.54 Å². The van der Waals surface area contributed by atoms with Gasteiger partial charge in [0.1, 0.15) is 0 Å². The topological polar surface area (TPSA) is 59.8 Å². The molecule has 5 nitrogen and oxygen atoms in total. The summed E-state index contributed by atoms with van der Waals surface area (Å²) in [6, 6.07) is 3.64. The number of carbonyl (C=O) groups is 1. The molecule has 0 aromatic carbocycles. The van der Waals surface area contributed by atoms with Crippen LogP contribution in [0.2, 0.25) is 0 Å². The molecule has 2 aromatic rings. The second kappa shape index (κ2) is 3.91.